The molecule has 4 nitrogen and oxygen atoms in total. The van der Waals surface area contributed by atoms with Gasteiger partial charge in [-0.1, -0.05) is 57.2 Å². The number of allylic oxidation sites excluding steroid dienone is 2. The van der Waals surface area contributed by atoms with E-state index in [1.54, 1.807) is 6.33 Å². The first-order valence-corrected chi connectivity index (χ1v) is 6.62. The van der Waals surface area contributed by atoms with Crippen LogP contribution >= 0.6 is 0 Å². The average Bonchev–Trinajstić information content (AvgIpc) is 2.93. The van der Waals surface area contributed by atoms with Crippen LogP contribution < -0.4 is 0 Å². The zero-order valence-corrected chi connectivity index (χ0v) is 12.1. The molecule has 2 aromatic rings. The van der Waals surface area contributed by atoms with Crippen LogP contribution in [-0.2, 0) is 11.2 Å². The van der Waals surface area contributed by atoms with Gasteiger partial charge in [0.25, 0.3) is 0 Å². The van der Waals surface area contributed by atoms with E-state index in [0.29, 0.717) is 12.1 Å². The lowest BCUT2D eigenvalue weighted by atomic mass is 9.88. The summed E-state index contributed by atoms with van der Waals surface area (Å²) < 4.78 is 1.54. The number of carbonyl (C=O) groups is 1. The second-order valence-corrected chi connectivity index (χ2v) is 5.70. The normalized spacial score (nSPS) is 12.4. The molecule has 20 heavy (non-hydrogen) atoms. The van der Waals surface area contributed by atoms with Gasteiger partial charge >= 0.3 is 0 Å². The number of benzene rings is 1. The first kappa shape index (κ1) is 14.2. The highest BCUT2D eigenvalue weighted by atomic mass is 16.1. The summed E-state index contributed by atoms with van der Waals surface area (Å²) in [6, 6.07) is 10.0. The van der Waals surface area contributed by atoms with E-state index in [1.165, 1.54) is 11.0 Å². The van der Waals surface area contributed by atoms with Crippen molar-refractivity contribution in [2.24, 2.45) is 5.41 Å². The Morgan fingerprint density at radius 2 is 1.95 bits per heavy atom. The molecular weight excluding hydrogens is 250 g/mol. The molecule has 0 saturated heterocycles. The molecule has 1 aromatic carbocycles. The lowest BCUT2D eigenvalue weighted by Crippen LogP contribution is -2.24. The smallest absolute Gasteiger partial charge is 0.186 e. The summed E-state index contributed by atoms with van der Waals surface area (Å²) >= 11 is 0. The fourth-order valence-electron chi connectivity index (χ4n) is 1.84. The zero-order chi connectivity index (χ0) is 14.6. The van der Waals surface area contributed by atoms with Crippen LogP contribution in [0.2, 0.25) is 0 Å². The van der Waals surface area contributed by atoms with Crippen molar-refractivity contribution in [1.29, 1.82) is 0 Å². The van der Waals surface area contributed by atoms with Crippen LogP contribution in [0.15, 0.2) is 49.1 Å². The van der Waals surface area contributed by atoms with Gasteiger partial charge in [0.15, 0.2) is 5.78 Å². The minimum atomic E-state index is -0.450. The van der Waals surface area contributed by atoms with Gasteiger partial charge in [-0.15, -0.1) is 0 Å². The Morgan fingerprint density at radius 1 is 1.25 bits per heavy atom. The minimum absolute atomic E-state index is 0.0546. The van der Waals surface area contributed by atoms with Crippen molar-refractivity contribution in [3.05, 3.63) is 54.6 Å². The van der Waals surface area contributed by atoms with Crippen LogP contribution in [0, 0.1) is 5.41 Å². The van der Waals surface area contributed by atoms with Crippen LogP contribution in [0.5, 0.6) is 0 Å². The number of aromatic nitrogens is 3. The molecule has 0 N–H and O–H groups in total. The summed E-state index contributed by atoms with van der Waals surface area (Å²) in [6.07, 6.45) is 5.60. The molecule has 0 unspecified atom stereocenters. The zero-order valence-electron chi connectivity index (χ0n) is 12.1. The van der Waals surface area contributed by atoms with E-state index < -0.39 is 5.41 Å². The number of hydrogen-bond acceptors (Lipinski definition) is 3. The van der Waals surface area contributed by atoms with Gasteiger partial charge in [0.1, 0.15) is 18.4 Å². The van der Waals surface area contributed by atoms with Crippen LogP contribution in [0.3, 0.4) is 0 Å². The van der Waals surface area contributed by atoms with E-state index in [9.17, 15) is 4.79 Å². The number of rotatable bonds is 4. The van der Waals surface area contributed by atoms with Gasteiger partial charge in [0.2, 0.25) is 0 Å². The largest absolute Gasteiger partial charge is 0.292 e. The third-order valence-electron chi connectivity index (χ3n) is 2.95. The molecule has 1 heterocycles. The predicted octanol–water partition coefficient (Wildman–Crippen LogP) is 2.98. The van der Waals surface area contributed by atoms with Crippen molar-refractivity contribution in [1.82, 2.24) is 14.8 Å². The monoisotopic (exact) mass is 269 g/mol. The maximum atomic E-state index is 12.5. The summed E-state index contributed by atoms with van der Waals surface area (Å²) in [5, 5.41) is 4.08. The van der Waals surface area contributed by atoms with E-state index in [-0.39, 0.29) is 5.78 Å². The van der Waals surface area contributed by atoms with Crippen molar-refractivity contribution in [2.45, 2.75) is 27.2 Å². The highest BCUT2D eigenvalue weighted by Gasteiger charge is 2.26. The number of Topliss-reactive ketones (excluding diaryl/α,β-unsaturated/α-hetero) is 1. The molecule has 0 radical (unpaired) electrons. The van der Waals surface area contributed by atoms with Crippen molar-refractivity contribution in [3.8, 4) is 0 Å². The molecule has 0 aliphatic carbocycles. The maximum Gasteiger partial charge on any atom is 0.186 e. The molecule has 0 atom stereocenters. The van der Waals surface area contributed by atoms with Crippen molar-refractivity contribution in [3.63, 3.8) is 0 Å². The van der Waals surface area contributed by atoms with Gasteiger partial charge in [-0.05, 0) is 12.0 Å². The molecule has 0 amide bonds. The summed E-state index contributed by atoms with van der Waals surface area (Å²) in [4.78, 5) is 16.4. The number of hydrogen-bond donors (Lipinski definition) is 0. The maximum absolute atomic E-state index is 12.5. The lowest BCUT2D eigenvalue weighted by molar-refractivity contribution is -0.120. The predicted molar refractivity (Wildman–Crippen MR) is 78.9 cm³/mol. The van der Waals surface area contributed by atoms with E-state index in [2.05, 4.69) is 10.1 Å². The van der Waals surface area contributed by atoms with E-state index in [0.717, 1.165) is 5.56 Å². The Labute approximate surface area is 119 Å². The molecule has 2 rings (SSSR count). The van der Waals surface area contributed by atoms with Gasteiger partial charge in [0.05, 0.1) is 0 Å². The summed E-state index contributed by atoms with van der Waals surface area (Å²) in [6.45, 7) is 5.72. The van der Waals surface area contributed by atoms with Gasteiger partial charge < -0.3 is 0 Å². The van der Waals surface area contributed by atoms with E-state index in [1.807, 2.05) is 57.2 Å². The summed E-state index contributed by atoms with van der Waals surface area (Å²) in [5.41, 5.74) is 1.28. The molecule has 104 valence electrons. The molecule has 0 saturated carbocycles. The average molecular weight is 269 g/mol. The van der Waals surface area contributed by atoms with Crippen LogP contribution in [0.25, 0.3) is 5.70 Å². The second kappa shape index (κ2) is 5.82. The quantitative estimate of drug-likeness (QED) is 0.802. The van der Waals surface area contributed by atoms with E-state index >= 15 is 0 Å². The number of carbonyl (C=O) groups excluding carboxylic acids is 1. The second-order valence-electron chi connectivity index (χ2n) is 5.70. The molecule has 0 aliphatic heterocycles. The molecule has 0 spiro atoms. The fourth-order valence-corrected chi connectivity index (χ4v) is 1.84. The molecule has 4 heteroatoms. The molecular formula is C16H19N3O. The number of nitrogens with zero attached hydrogens (tertiary/aromatic N) is 3. The Bertz CT molecular complexity index is 592. The Balaban J connectivity index is 2.30. The van der Waals surface area contributed by atoms with Crippen molar-refractivity contribution in [2.75, 3.05) is 0 Å². The highest BCUT2D eigenvalue weighted by molar-refractivity contribution is 6.17. The first-order valence-electron chi connectivity index (χ1n) is 6.62. The Morgan fingerprint density at radius 3 is 2.50 bits per heavy atom. The molecule has 0 bridgehead atoms. The third kappa shape index (κ3) is 3.41. The van der Waals surface area contributed by atoms with Gasteiger partial charge in [-0.3, -0.25) is 4.79 Å². The molecule has 1 aromatic heterocycles. The molecule has 0 aliphatic rings. The fraction of sp³-hybridized carbons (Fsp3) is 0.312. The molecule has 0 fully saturated rings. The van der Waals surface area contributed by atoms with Crippen molar-refractivity contribution < 1.29 is 4.79 Å². The SMILES string of the molecule is CC(C)(C)C(=O)/C(=C/Cc1ccccc1)n1cncn1. The minimum Gasteiger partial charge on any atom is -0.292 e. The van der Waals surface area contributed by atoms with E-state index in [4.69, 9.17) is 0 Å². The first-order chi connectivity index (χ1) is 9.48. The topological polar surface area (TPSA) is 47.8 Å². The van der Waals surface area contributed by atoms with Gasteiger partial charge in [0, 0.05) is 5.41 Å². The number of ketones is 1. The summed E-state index contributed by atoms with van der Waals surface area (Å²) in [5.74, 6) is 0.0546. The lowest BCUT2D eigenvalue weighted by Gasteiger charge is -2.18. The summed E-state index contributed by atoms with van der Waals surface area (Å²) in [7, 11) is 0. The standard InChI is InChI=1S/C16H19N3O/c1-16(2,3)15(20)14(19-12-17-11-18-19)10-9-13-7-5-4-6-8-13/h4-8,10-12H,9H2,1-3H3/b14-10-. The van der Waals surface area contributed by atoms with Gasteiger partial charge in [-0.2, -0.15) is 5.10 Å². The highest BCUT2D eigenvalue weighted by Crippen LogP contribution is 2.22. The van der Waals surface area contributed by atoms with Crippen molar-refractivity contribution >= 4 is 11.5 Å². The van der Waals surface area contributed by atoms with Crippen LogP contribution in [-0.4, -0.2) is 20.5 Å². The Kier molecular flexibility index (Phi) is 4.13. The Hall–Kier alpha value is -2.23. The van der Waals surface area contributed by atoms with Crippen LogP contribution in [0.4, 0.5) is 0 Å². The van der Waals surface area contributed by atoms with Gasteiger partial charge in [-0.25, -0.2) is 9.67 Å². The van der Waals surface area contributed by atoms with Crippen LogP contribution in [0.1, 0.15) is 26.3 Å². The third-order valence-corrected chi connectivity index (χ3v) is 2.95.